The molecule has 0 radical (unpaired) electrons. The van der Waals surface area contributed by atoms with Crippen molar-refractivity contribution in [1.29, 1.82) is 0 Å². The molecule has 1 heterocycles. The molecule has 0 bridgehead atoms. The summed E-state index contributed by atoms with van der Waals surface area (Å²) in [5.74, 6) is -0.306. The monoisotopic (exact) mass is 232 g/mol. The zero-order valence-corrected chi connectivity index (χ0v) is 9.94. The van der Waals surface area contributed by atoms with Gasteiger partial charge >= 0.3 is 5.97 Å². The molecule has 0 N–H and O–H groups in total. The van der Waals surface area contributed by atoms with Crippen molar-refractivity contribution in [2.45, 2.75) is 19.4 Å². The Morgan fingerprint density at radius 2 is 2.47 bits per heavy atom. The molecule has 90 valence electrons. The Balaban J connectivity index is 2.31. The number of carbonyl (C=O) groups excluding carboxylic acids is 1. The van der Waals surface area contributed by atoms with Crippen molar-refractivity contribution in [3.8, 4) is 0 Å². The van der Waals surface area contributed by atoms with Gasteiger partial charge in [-0.15, -0.1) is 0 Å². The van der Waals surface area contributed by atoms with Gasteiger partial charge in [-0.2, -0.15) is 0 Å². The molecule has 1 atom stereocenters. The molecule has 3 heteroatoms. The van der Waals surface area contributed by atoms with Crippen LogP contribution in [-0.2, 0) is 20.7 Å². The first-order valence-corrected chi connectivity index (χ1v) is 5.79. The molecule has 0 aliphatic carbocycles. The smallest absolute Gasteiger partial charge is 0.339 e. The first-order chi connectivity index (χ1) is 8.26. The third kappa shape index (κ3) is 2.39. The Kier molecular flexibility index (Phi) is 3.59. The van der Waals surface area contributed by atoms with E-state index in [2.05, 4.69) is 12.6 Å². The lowest BCUT2D eigenvalue weighted by Crippen LogP contribution is -2.25. The van der Waals surface area contributed by atoms with Crippen LogP contribution in [0.2, 0.25) is 0 Å². The van der Waals surface area contributed by atoms with Gasteiger partial charge in [0, 0.05) is 0 Å². The van der Waals surface area contributed by atoms with Gasteiger partial charge in [-0.1, -0.05) is 30.9 Å². The average molecular weight is 232 g/mol. The van der Waals surface area contributed by atoms with E-state index in [0.29, 0.717) is 13.2 Å². The van der Waals surface area contributed by atoms with E-state index in [-0.39, 0.29) is 5.97 Å². The van der Waals surface area contributed by atoms with E-state index in [1.165, 1.54) is 0 Å². The zero-order valence-electron chi connectivity index (χ0n) is 9.94. The van der Waals surface area contributed by atoms with E-state index in [1.54, 1.807) is 13.0 Å². The van der Waals surface area contributed by atoms with Gasteiger partial charge in [-0.05, 0) is 30.0 Å². The van der Waals surface area contributed by atoms with Crippen molar-refractivity contribution in [3.63, 3.8) is 0 Å². The Hall–Kier alpha value is -1.61. The summed E-state index contributed by atoms with van der Waals surface area (Å²) in [6.45, 7) is 6.46. The number of benzene rings is 1. The lowest BCUT2D eigenvalue weighted by atomic mass is 9.95. The van der Waals surface area contributed by atoms with E-state index in [4.69, 9.17) is 9.47 Å². The average Bonchev–Trinajstić information content (AvgIpc) is 2.37. The number of fused-ring (bicyclic) bond motifs is 1. The van der Waals surface area contributed by atoms with Crippen LogP contribution < -0.4 is 0 Å². The molecule has 0 spiro atoms. The standard InChI is InChI=1S/C14H16O3/c1-3-10-5-6-12-11(9-10)7-8-17-13(12)14(15)16-4-2/h3,5-6,9,13H,1,4,7-8H2,2H3. The van der Waals surface area contributed by atoms with Gasteiger partial charge < -0.3 is 9.47 Å². The number of hydrogen-bond acceptors (Lipinski definition) is 3. The van der Waals surface area contributed by atoms with Crippen LogP contribution in [0.25, 0.3) is 6.08 Å². The van der Waals surface area contributed by atoms with Crippen molar-refractivity contribution in [1.82, 2.24) is 0 Å². The van der Waals surface area contributed by atoms with Crippen LogP contribution in [0.5, 0.6) is 0 Å². The van der Waals surface area contributed by atoms with Crippen molar-refractivity contribution in [3.05, 3.63) is 41.5 Å². The molecule has 1 aliphatic rings. The minimum Gasteiger partial charge on any atom is -0.464 e. The summed E-state index contributed by atoms with van der Waals surface area (Å²) in [6.07, 6.45) is 2.06. The first-order valence-electron chi connectivity index (χ1n) is 5.79. The van der Waals surface area contributed by atoms with Gasteiger partial charge in [0.2, 0.25) is 0 Å². The Morgan fingerprint density at radius 3 is 3.18 bits per heavy atom. The molecule has 1 aliphatic heterocycles. The lowest BCUT2D eigenvalue weighted by molar-refractivity contribution is -0.158. The summed E-state index contributed by atoms with van der Waals surface area (Å²) in [4.78, 5) is 11.7. The zero-order chi connectivity index (χ0) is 12.3. The van der Waals surface area contributed by atoms with E-state index in [0.717, 1.165) is 23.1 Å². The van der Waals surface area contributed by atoms with Crippen LogP contribution in [-0.4, -0.2) is 19.2 Å². The second kappa shape index (κ2) is 5.15. The summed E-state index contributed by atoms with van der Waals surface area (Å²) in [5, 5.41) is 0. The highest BCUT2D eigenvalue weighted by Crippen LogP contribution is 2.29. The predicted octanol–water partition coefficient (Wildman–Crippen LogP) is 2.51. The van der Waals surface area contributed by atoms with Crippen LogP contribution in [0.3, 0.4) is 0 Å². The first kappa shape index (κ1) is 11.9. The normalized spacial score (nSPS) is 18.3. The fraction of sp³-hybridized carbons (Fsp3) is 0.357. The van der Waals surface area contributed by atoms with Gasteiger partial charge in [0.25, 0.3) is 0 Å². The summed E-state index contributed by atoms with van der Waals surface area (Å²) in [7, 11) is 0. The summed E-state index contributed by atoms with van der Waals surface area (Å²) < 4.78 is 10.5. The molecule has 17 heavy (non-hydrogen) atoms. The Morgan fingerprint density at radius 1 is 1.65 bits per heavy atom. The Labute approximate surface area is 101 Å². The lowest BCUT2D eigenvalue weighted by Gasteiger charge is -2.24. The van der Waals surface area contributed by atoms with Gasteiger partial charge in [0.15, 0.2) is 6.10 Å². The highest BCUT2D eigenvalue weighted by molar-refractivity contribution is 5.77. The number of rotatable bonds is 3. The number of hydrogen-bond donors (Lipinski definition) is 0. The fourth-order valence-corrected chi connectivity index (χ4v) is 2.01. The molecule has 2 rings (SSSR count). The van der Waals surface area contributed by atoms with E-state index in [1.807, 2.05) is 12.1 Å². The quantitative estimate of drug-likeness (QED) is 0.751. The molecule has 0 amide bonds. The molecular formula is C14H16O3. The molecule has 1 aromatic rings. The highest BCUT2D eigenvalue weighted by atomic mass is 16.6. The third-order valence-corrected chi connectivity index (χ3v) is 2.84. The van der Waals surface area contributed by atoms with Crippen molar-refractivity contribution in [2.75, 3.05) is 13.2 Å². The number of esters is 1. The topological polar surface area (TPSA) is 35.5 Å². The molecular weight excluding hydrogens is 216 g/mol. The van der Waals surface area contributed by atoms with Crippen LogP contribution in [0, 0.1) is 0 Å². The molecule has 0 saturated carbocycles. The largest absolute Gasteiger partial charge is 0.464 e. The minimum absolute atomic E-state index is 0.306. The predicted molar refractivity (Wildman–Crippen MR) is 65.6 cm³/mol. The molecule has 0 saturated heterocycles. The van der Waals surface area contributed by atoms with Crippen LogP contribution in [0.1, 0.15) is 29.7 Å². The molecule has 0 fully saturated rings. The maximum Gasteiger partial charge on any atom is 0.339 e. The molecule has 3 nitrogen and oxygen atoms in total. The van der Waals surface area contributed by atoms with E-state index >= 15 is 0 Å². The van der Waals surface area contributed by atoms with E-state index < -0.39 is 6.10 Å². The summed E-state index contributed by atoms with van der Waals surface area (Å²) in [5.41, 5.74) is 3.13. The summed E-state index contributed by atoms with van der Waals surface area (Å²) >= 11 is 0. The van der Waals surface area contributed by atoms with Crippen molar-refractivity contribution in [2.24, 2.45) is 0 Å². The van der Waals surface area contributed by atoms with Crippen molar-refractivity contribution < 1.29 is 14.3 Å². The van der Waals surface area contributed by atoms with Crippen LogP contribution >= 0.6 is 0 Å². The molecule has 0 aromatic heterocycles. The number of ether oxygens (including phenoxy) is 2. The van der Waals surface area contributed by atoms with Gasteiger partial charge in [-0.3, -0.25) is 0 Å². The maximum atomic E-state index is 11.7. The molecule has 1 unspecified atom stereocenters. The highest BCUT2D eigenvalue weighted by Gasteiger charge is 2.28. The second-order valence-corrected chi connectivity index (χ2v) is 3.92. The van der Waals surface area contributed by atoms with Gasteiger partial charge in [0.1, 0.15) is 0 Å². The fourth-order valence-electron chi connectivity index (χ4n) is 2.01. The van der Waals surface area contributed by atoms with Gasteiger partial charge in [-0.25, -0.2) is 4.79 Å². The SMILES string of the molecule is C=Cc1ccc2c(c1)CCOC2C(=O)OCC. The van der Waals surface area contributed by atoms with Crippen LogP contribution in [0.15, 0.2) is 24.8 Å². The van der Waals surface area contributed by atoms with Gasteiger partial charge in [0.05, 0.1) is 13.2 Å². The number of carbonyl (C=O) groups is 1. The second-order valence-electron chi connectivity index (χ2n) is 3.92. The minimum atomic E-state index is -0.572. The van der Waals surface area contributed by atoms with Crippen LogP contribution in [0.4, 0.5) is 0 Å². The third-order valence-electron chi connectivity index (χ3n) is 2.84. The van der Waals surface area contributed by atoms with E-state index in [9.17, 15) is 4.79 Å². The summed E-state index contributed by atoms with van der Waals surface area (Å²) in [6, 6.07) is 5.91. The molecule has 1 aromatic carbocycles. The van der Waals surface area contributed by atoms with Crippen molar-refractivity contribution >= 4 is 12.0 Å². The Bertz CT molecular complexity index is 437. The maximum absolute atomic E-state index is 11.7.